The molecule has 1 saturated carbocycles. The Labute approximate surface area is 164 Å². The van der Waals surface area contributed by atoms with Gasteiger partial charge < -0.3 is 4.57 Å². The molecule has 26 heavy (non-hydrogen) atoms. The molecule has 0 aliphatic heterocycles. The maximum absolute atomic E-state index is 6.24. The smallest absolute Gasteiger partial charge is 0.150 e. The summed E-state index contributed by atoms with van der Waals surface area (Å²) >= 11 is 9.80. The Hall–Kier alpha value is -1.92. The number of imidazole rings is 1. The molecular weight excluding hydrogens is 414 g/mol. The number of hydrogen-bond acceptors (Lipinski definition) is 3. The lowest BCUT2D eigenvalue weighted by atomic mass is 9.95. The molecule has 5 rings (SSSR count). The third-order valence-electron chi connectivity index (χ3n) is 5.30. The number of benzene rings is 1. The second-order valence-electron chi connectivity index (χ2n) is 6.83. The van der Waals surface area contributed by atoms with Gasteiger partial charge in [0.05, 0.1) is 22.7 Å². The van der Waals surface area contributed by atoms with E-state index in [0.29, 0.717) is 11.2 Å². The number of halogens is 2. The van der Waals surface area contributed by atoms with E-state index in [4.69, 9.17) is 11.6 Å². The highest BCUT2D eigenvalue weighted by atomic mass is 79.9. The van der Waals surface area contributed by atoms with Crippen molar-refractivity contribution >= 4 is 49.6 Å². The first kappa shape index (κ1) is 16.3. The van der Waals surface area contributed by atoms with Crippen LogP contribution in [0.3, 0.4) is 0 Å². The fourth-order valence-corrected chi connectivity index (χ4v) is 4.91. The van der Waals surface area contributed by atoms with Gasteiger partial charge in [-0.15, -0.1) is 0 Å². The van der Waals surface area contributed by atoms with Gasteiger partial charge in [0.15, 0.2) is 5.65 Å². The maximum Gasteiger partial charge on any atom is 0.150 e. The van der Waals surface area contributed by atoms with Crippen molar-refractivity contribution in [2.45, 2.75) is 38.1 Å². The van der Waals surface area contributed by atoms with Crippen LogP contribution in [0.1, 0.15) is 38.1 Å². The lowest BCUT2D eigenvalue weighted by Gasteiger charge is -2.23. The highest BCUT2D eigenvalue weighted by Crippen LogP contribution is 2.34. The first-order chi connectivity index (χ1) is 12.7. The van der Waals surface area contributed by atoms with E-state index in [9.17, 15) is 0 Å². The molecule has 1 aliphatic rings. The van der Waals surface area contributed by atoms with Crippen molar-refractivity contribution < 1.29 is 0 Å². The Morgan fingerprint density at radius 1 is 1.08 bits per heavy atom. The average molecular weight is 431 g/mol. The summed E-state index contributed by atoms with van der Waals surface area (Å²) in [6, 6.07) is 6.96. The zero-order valence-electron chi connectivity index (χ0n) is 14.1. The minimum absolute atomic E-state index is 0.447. The molecule has 132 valence electrons. The molecule has 4 aromatic rings. The molecule has 0 amide bonds. The van der Waals surface area contributed by atoms with Gasteiger partial charge in [0.2, 0.25) is 0 Å². The fourth-order valence-electron chi connectivity index (χ4n) is 4.00. The van der Waals surface area contributed by atoms with E-state index in [1.165, 1.54) is 43.9 Å². The summed E-state index contributed by atoms with van der Waals surface area (Å²) in [7, 11) is 0. The molecule has 0 N–H and O–H groups in total. The molecule has 0 saturated heterocycles. The molecule has 0 atom stereocenters. The van der Waals surface area contributed by atoms with E-state index in [1.807, 2.05) is 17.1 Å². The van der Waals surface area contributed by atoms with Crippen LogP contribution in [0.25, 0.3) is 27.8 Å². The van der Waals surface area contributed by atoms with Crippen LogP contribution in [0.15, 0.2) is 41.5 Å². The third-order valence-corrected chi connectivity index (χ3v) is 6.18. The van der Waals surface area contributed by atoms with E-state index < -0.39 is 0 Å². The molecule has 7 heteroatoms. The van der Waals surface area contributed by atoms with Gasteiger partial charge in [-0.2, -0.15) is 0 Å². The summed E-state index contributed by atoms with van der Waals surface area (Å²) in [5.74, 6) is 0. The lowest BCUT2D eigenvalue weighted by molar-refractivity contribution is 0.359. The van der Waals surface area contributed by atoms with Crippen molar-refractivity contribution in [2.75, 3.05) is 0 Å². The molecule has 1 fully saturated rings. The number of aromatic nitrogens is 5. The van der Waals surface area contributed by atoms with Crippen LogP contribution >= 0.6 is 27.5 Å². The largest absolute Gasteiger partial charge is 0.327 e. The summed E-state index contributed by atoms with van der Waals surface area (Å²) in [6.07, 6.45) is 11.9. The number of nitrogens with zero attached hydrogens (tertiary/aromatic N) is 5. The SMILES string of the molecule is Clc1ncnc2c1c(Br)cn2-c1ccc2c(c1)ncn2C1CCCCC1. The topological polar surface area (TPSA) is 48.5 Å². The normalized spacial score (nSPS) is 15.9. The number of rotatable bonds is 2. The van der Waals surface area contributed by atoms with Crippen molar-refractivity contribution in [2.24, 2.45) is 0 Å². The zero-order valence-corrected chi connectivity index (χ0v) is 16.4. The molecule has 3 heterocycles. The first-order valence-electron chi connectivity index (χ1n) is 8.86. The summed E-state index contributed by atoms with van der Waals surface area (Å²) in [5.41, 5.74) is 4.00. The number of hydrogen-bond donors (Lipinski definition) is 0. The van der Waals surface area contributed by atoms with Gasteiger partial charge in [-0.1, -0.05) is 30.9 Å². The average Bonchev–Trinajstić information content (AvgIpc) is 3.24. The predicted molar refractivity (Wildman–Crippen MR) is 107 cm³/mol. The van der Waals surface area contributed by atoms with Crippen molar-refractivity contribution in [1.82, 2.24) is 24.1 Å². The number of fused-ring (bicyclic) bond motifs is 2. The van der Waals surface area contributed by atoms with E-state index in [2.05, 4.69) is 53.6 Å². The Morgan fingerprint density at radius 3 is 2.77 bits per heavy atom. The van der Waals surface area contributed by atoms with Crippen LogP contribution in [-0.2, 0) is 0 Å². The van der Waals surface area contributed by atoms with Gasteiger partial charge >= 0.3 is 0 Å². The Kier molecular flexibility index (Phi) is 3.98. The van der Waals surface area contributed by atoms with Crippen LogP contribution in [0.5, 0.6) is 0 Å². The van der Waals surface area contributed by atoms with Gasteiger partial charge in [0.25, 0.3) is 0 Å². The summed E-state index contributed by atoms with van der Waals surface area (Å²) < 4.78 is 5.25. The quantitative estimate of drug-likeness (QED) is 0.384. The third kappa shape index (κ3) is 2.55. The molecule has 1 aliphatic carbocycles. The van der Waals surface area contributed by atoms with E-state index >= 15 is 0 Å². The van der Waals surface area contributed by atoms with Gasteiger partial charge in [-0.25, -0.2) is 15.0 Å². The van der Waals surface area contributed by atoms with Gasteiger partial charge in [0.1, 0.15) is 11.5 Å². The van der Waals surface area contributed by atoms with Crippen molar-refractivity contribution in [3.8, 4) is 5.69 Å². The Bertz CT molecular complexity index is 1110. The first-order valence-corrected chi connectivity index (χ1v) is 10.0. The van der Waals surface area contributed by atoms with Crippen LogP contribution in [0.2, 0.25) is 5.15 Å². The molecule has 0 radical (unpaired) electrons. The minimum Gasteiger partial charge on any atom is -0.327 e. The van der Waals surface area contributed by atoms with E-state index in [0.717, 1.165) is 26.7 Å². The van der Waals surface area contributed by atoms with Crippen molar-refractivity contribution in [3.05, 3.63) is 46.7 Å². The highest BCUT2D eigenvalue weighted by molar-refractivity contribution is 9.10. The molecule has 3 aromatic heterocycles. The standard InChI is InChI=1S/C19H17BrClN5/c20-14-9-25(19-17(14)18(21)22-10-23-19)13-6-7-16-15(8-13)24-11-26(16)12-4-2-1-3-5-12/h6-12H,1-5H2. The maximum atomic E-state index is 6.24. The predicted octanol–water partition coefficient (Wildman–Crippen LogP) is 5.69. The molecule has 0 bridgehead atoms. The Morgan fingerprint density at radius 2 is 1.92 bits per heavy atom. The van der Waals surface area contributed by atoms with Crippen LogP contribution in [-0.4, -0.2) is 24.1 Å². The Balaban J connectivity index is 1.62. The van der Waals surface area contributed by atoms with Crippen LogP contribution < -0.4 is 0 Å². The van der Waals surface area contributed by atoms with Crippen LogP contribution in [0.4, 0.5) is 0 Å². The second-order valence-corrected chi connectivity index (χ2v) is 8.04. The van der Waals surface area contributed by atoms with Crippen molar-refractivity contribution in [3.63, 3.8) is 0 Å². The molecule has 5 nitrogen and oxygen atoms in total. The van der Waals surface area contributed by atoms with E-state index in [1.54, 1.807) is 0 Å². The molecule has 0 unspecified atom stereocenters. The van der Waals surface area contributed by atoms with Crippen molar-refractivity contribution in [1.29, 1.82) is 0 Å². The molecule has 0 spiro atoms. The summed E-state index contributed by atoms with van der Waals surface area (Å²) in [6.45, 7) is 0. The fraction of sp³-hybridized carbons (Fsp3) is 0.316. The molecular formula is C19H17BrClN5. The monoisotopic (exact) mass is 429 g/mol. The summed E-state index contributed by atoms with van der Waals surface area (Å²) in [5, 5.41) is 1.27. The van der Waals surface area contributed by atoms with E-state index in [-0.39, 0.29) is 0 Å². The van der Waals surface area contributed by atoms with Gasteiger partial charge in [-0.05, 0) is 47.0 Å². The lowest BCUT2D eigenvalue weighted by Crippen LogP contribution is -2.11. The second kappa shape index (κ2) is 6.35. The zero-order chi connectivity index (χ0) is 17.7. The van der Waals surface area contributed by atoms with Gasteiger partial charge in [0, 0.05) is 22.4 Å². The summed E-state index contributed by atoms with van der Waals surface area (Å²) in [4.78, 5) is 13.1. The minimum atomic E-state index is 0.447. The molecule has 1 aromatic carbocycles. The van der Waals surface area contributed by atoms with Crippen LogP contribution in [0, 0.1) is 0 Å². The van der Waals surface area contributed by atoms with Gasteiger partial charge in [-0.3, -0.25) is 4.57 Å². The highest BCUT2D eigenvalue weighted by Gasteiger charge is 2.18.